The number of aliphatic hydroxyl groups excluding tert-OH is 3. The van der Waals surface area contributed by atoms with Crippen molar-refractivity contribution < 1.29 is 53.9 Å². The molecule has 17 nitrogen and oxygen atoms in total. The molecule has 336 valence electrons. The van der Waals surface area contributed by atoms with Gasteiger partial charge in [0, 0.05) is 24.2 Å². The van der Waals surface area contributed by atoms with Crippen molar-refractivity contribution >= 4 is 30.0 Å². The van der Waals surface area contributed by atoms with Crippen LogP contribution >= 0.6 is 0 Å². The van der Waals surface area contributed by atoms with Crippen molar-refractivity contribution in [3.8, 4) is 0 Å². The fourth-order valence-corrected chi connectivity index (χ4v) is 5.24. The number of hydrogen-bond donors (Lipinski definition) is 10. The van der Waals surface area contributed by atoms with Crippen LogP contribution in [0, 0.1) is 0 Å². The Morgan fingerprint density at radius 1 is 0.617 bits per heavy atom. The van der Waals surface area contributed by atoms with E-state index in [1.165, 1.54) is 12.8 Å². The number of carbonyl (C=O) groups excluding carboxylic acids is 4. The Balaban J connectivity index is 0.000000304. The van der Waals surface area contributed by atoms with Gasteiger partial charge in [-0.3, -0.25) is 9.59 Å². The third kappa shape index (κ3) is 23.1. The highest BCUT2D eigenvalue weighted by atomic mass is 16.6. The minimum absolute atomic E-state index is 0.0919. The van der Waals surface area contributed by atoms with Crippen molar-refractivity contribution in [1.82, 2.24) is 21.3 Å². The van der Waals surface area contributed by atoms with Crippen LogP contribution < -0.4 is 32.7 Å². The first-order valence-corrected chi connectivity index (χ1v) is 21.0. The summed E-state index contributed by atoms with van der Waals surface area (Å²) >= 11 is 0. The van der Waals surface area contributed by atoms with Crippen LogP contribution in [0.4, 0.5) is 9.59 Å². The molecule has 60 heavy (non-hydrogen) atoms. The lowest BCUT2D eigenvalue weighted by atomic mass is 10.1. The average Bonchev–Trinajstić information content (AvgIpc) is 4.11. The first-order valence-electron chi connectivity index (χ1n) is 21.0. The van der Waals surface area contributed by atoms with Gasteiger partial charge in [0.25, 0.3) is 11.8 Å². The summed E-state index contributed by atoms with van der Waals surface area (Å²) in [5.74, 6) is -2.12. The van der Waals surface area contributed by atoms with Gasteiger partial charge in [0.15, 0.2) is 12.2 Å². The van der Waals surface area contributed by atoms with Crippen molar-refractivity contribution in [1.29, 1.82) is 0 Å². The molecule has 0 radical (unpaired) electrons. The van der Waals surface area contributed by atoms with Crippen molar-refractivity contribution in [2.75, 3.05) is 0 Å². The maximum Gasteiger partial charge on any atom is 0.407 e. The standard InChI is InChI=1S/C17H24N2O4.C14H19NO5.C9H18N2O2.C3H7N/c1-2-6-14(15(20)16(21)18-13-9-10-13)19-17(22)23-11-12-7-4-3-5-8-12;1-2-6-11(12(16)13(17)18)15-14(19)20-9-10-7-4-3-5-8-10;1-2-3-7(10)8(12)9(13)11-6-4-5-6;4-3-1-2-3/h3-5,7-8,13-15,20H,2,6,9-11H2,1H3,(H,18,21)(H,19,22);3-5,7-8,11-12,16H,2,6,9H2,1H3,(H,15,19)(H,17,18);6-8,12H,2-5,10H2,1H3,(H,11,13);3H,1-2,4H2/t14-,15?;11-,12?;7-,8?;/m000./s1. The van der Waals surface area contributed by atoms with Gasteiger partial charge in [0.1, 0.15) is 19.3 Å². The number of nitrogens with two attached hydrogens (primary N) is 2. The number of carbonyl (C=O) groups is 5. The van der Waals surface area contributed by atoms with Crippen molar-refractivity contribution in [2.45, 2.75) is 166 Å². The molecule has 0 spiro atoms. The maximum absolute atomic E-state index is 11.9. The third-order valence-electron chi connectivity index (χ3n) is 9.28. The van der Waals surface area contributed by atoms with E-state index in [-0.39, 0.29) is 31.2 Å². The largest absolute Gasteiger partial charge is 0.479 e. The number of ether oxygens (including phenoxy) is 2. The zero-order valence-electron chi connectivity index (χ0n) is 35.2. The molecule has 17 heteroatoms. The molecule has 3 fully saturated rings. The SMILES string of the molecule is CCC[C@H](N)C(O)C(=O)NC1CC1.CCC[C@H](NC(=O)OCc1ccccc1)C(O)C(=O)NC1CC1.CCC[C@H](NC(=O)OCc1ccccc1)C(O)C(=O)O.NC1CC1. The van der Waals surface area contributed by atoms with Gasteiger partial charge >= 0.3 is 18.2 Å². The maximum atomic E-state index is 11.9. The molecular formula is C43H68N6O11. The zero-order valence-corrected chi connectivity index (χ0v) is 35.2. The van der Waals surface area contributed by atoms with Crippen LogP contribution in [0.3, 0.4) is 0 Å². The molecule has 5 rings (SSSR count). The minimum atomic E-state index is -1.64. The monoisotopic (exact) mass is 844 g/mol. The first-order chi connectivity index (χ1) is 28.7. The smallest absolute Gasteiger partial charge is 0.407 e. The molecule has 0 heterocycles. The summed E-state index contributed by atoms with van der Waals surface area (Å²) in [6, 6.07) is 17.5. The van der Waals surface area contributed by atoms with E-state index in [9.17, 15) is 39.3 Å². The van der Waals surface area contributed by atoms with Gasteiger partial charge in [-0.2, -0.15) is 0 Å². The second-order valence-corrected chi connectivity index (χ2v) is 15.2. The highest BCUT2D eigenvalue weighted by molar-refractivity contribution is 5.83. The van der Waals surface area contributed by atoms with Crippen LogP contribution in [0.15, 0.2) is 60.7 Å². The number of aliphatic carboxylic acids is 1. The first kappa shape index (κ1) is 51.3. The van der Waals surface area contributed by atoms with Gasteiger partial charge in [0.2, 0.25) is 0 Å². The van der Waals surface area contributed by atoms with Gasteiger partial charge in [0.05, 0.1) is 12.1 Å². The molecule has 3 aliphatic carbocycles. The van der Waals surface area contributed by atoms with E-state index in [2.05, 4.69) is 21.3 Å². The van der Waals surface area contributed by atoms with E-state index in [0.29, 0.717) is 31.7 Å². The number of benzene rings is 2. The Morgan fingerprint density at radius 3 is 1.32 bits per heavy atom. The van der Waals surface area contributed by atoms with E-state index >= 15 is 0 Å². The summed E-state index contributed by atoms with van der Waals surface area (Å²) in [5, 5.41) is 48.3. The highest BCUT2D eigenvalue weighted by Gasteiger charge is 2.32. The highest BCUT2D eigenvalue weighted by Crippen LogP contribution is 2.20. The summed E-state index contributed by atoms with van der Waals surface area (Å²) in [4.78, 5) is 57.4. The van der Waals surface area contributed by atoms with E-state index in [1.54, 1.807) is 0 Å². The molecule has 3 unspecified atom stereocenters. The van der Waals surface area contributed by atoms with Gasteiger partial charge in [-0.1, -0.05) is 101 Å². The summed E-state index contributed by atoms with van der Waals surface area (Å²) in [5.41, 5.74) is 12.5. The molecule has 6 atom stereocenters. The molecule has 12 N–H and O–H groups in total. The van der Waals surface area contributed by atoms with Crippen molar-refractivity contribution in [2.24, 2.45) is 11.5 Å². The summed E-state index contributed by atoms with van der Waals surface area (Å²) < 4.78 is 10.1. The molecular weight excluding hydrogens is 777 g/mol. The second-order valence-electron chi connectivity index (χ2n) is 15.2. The number of rotatable bonds is 20. The van der Waals surface area contributed by atoms with Gasteiger partial charge in [-0.05, 0) is 68.9 Å². The Hall–Kier alpha value is -4.81. The number of aliphatic hydroxyl groups is 3. The van der Waals surface area contributed by atoms with E-state index in [1.807, 2.05) is 81.4 Å². The summed E-state index contributed by atoms with van der Waals surface area (Å²) in [7, 11) is 0. The number of nitrogens with one attached hydrogen (secondary N) is 4. The topological polar surface area (TPSA) is 285 Å². The van der Waals surface area contributed by atoms with Crippen LogP contribution in [0.5, 0.6) is 0 Å². The van der Waals surface area contributed by atoms with Crippen molar-refractivity contribution in [3.63, 3.8) is 0 Å². The molecule has 0 aliphatic heterocycles. The van der Waals surface area contributed by atoms with Crippen molar-refractivity contribution in [3.05, 3.63) is 71.8 Å². The number of carboxylic acids is 1. The molecule has 0 aromatic heterocycles. The van der Waals surface area contributed by atoms with Crippen LogP contribution in [0.25, 0.3) is 0 Å². The Bertz CT molecular complexity index is 1540. The molecule has 4 amide bonds. The third-order valence-corrected chi connectivity index (χ3v) is 9.28. The van der Waals surface area contributed by atoms with E-state index in [0.717, 1.165) is 49.7 Å². The predicted octanol–water partition coefficient (Wildman–Crippen LogP) is 3.11. The molecule has 0 bridgehead atoms. The van der Waals surface area contributed by atoms with E-state index in [4.69, 9.17) is 26.0 Å². The summed E-state index contributed by atoms with van der Waals surface area (Å²) in [6.07, 6.45) is 4.95. The Morgan fingerprint density at radius 2 is 0.983 bits per heavy atom. The fourth-order valence-electron chi connectivity index (χ4n) is 5.24. The van der Waals surface area contributed by atoms with Crippen LogP contribution in [-0.4, -0.2) is 105 Å². The lowest BCUT2D eigenvalue weighted by Crippen LogP contribution is -2.51. The molecule has 3 aliphatic rings. The Labute approximate surface area is 353 Å². The normalized spacial score (nSPS) is 16.9. The quantitative estimate of drug-likeness (QED) is 0.0919. The van der Waals surface area contributed by atoms with Gasteiger partial charge in [-0.15, -0.1) is 0 Å². The zero-order chi connectivity index (χ0) is 44.5. The molecule has 2 aromatic rings. The lowest BCUT2D eigenvalue weighted by Gasteiger charge is -2.23. The van der Waals surface area contributed by atoms with Crippen LogP contribution in [0.1, 0.15) is 109 Å². The number of carboxylic acid groups (broad SMARTS) is 1. The second kappa shape index (κ2) is 28.6. The minimum Gasteiger partial charge on any atom is -0.479 e. The Kier molecular flexibility index (Phi) is 24.5. The summed E-state index contributed by atoms with van der Waals surface area (Å²) in [6.45, 7) is 5.98. The van der Waals surface area contributed by atoms with Crippen LogP contribution in [0.2, 0.25) is 0 Å². The van der Waals surface area contributed by atoms with Crippen LogP contribution in [-0.2, 0) is 37.1 Å². The molecule has 3 saturated carbocycles. The van der Waals surface area contributed by atoms with E-state index < -0.39 is 60.5 Å². The number of alkyl carbamates (subject to hydrolysis) is 2. The number of amides is 4. The van der Waals surface area contributed by atoms with Gasteiger partial charge in [-0.25, -0.2) is 14.4 Å². The predicted molar refractivity (Wildman–Crippen MR) is 225 cm³/mol. The van der Waals surface area contributed by atoms with Gasteiger partial charge < -0.3 is 62.6 Å². The lowest BCUT2D eigenvalue weighted by molar-refractivity contribution is -0.148. The molecule has 0 saturated heterocycles. The fraction of sp³-hybridized carbons (Fsp3) is 0.605. The molecule has 2 aromatic carbocycles. The number of hydrogen-bond acceptors (Lipinski definition) is 12. The average molecular weight is 845 g/mol.